The number of Topliss-reactive ketones (excluding diaryl/α,β-unsaturated/α-hetero) is 2. The van der Waals surface area contributed by atoms with Crippen molar-refractivity contribution in [3.63, 3.8) is 0 Å². The van der Waals surface area contributed by atoms with Gasteiger partial charge in [-0.25, -0.2) is 0 Å². The summed E-state index contributed by atoms with van der Waals surface area (Å²) < 4.78 is 0. The van der Waals surface area contributed by atoms with Crippen molar-refractivity contribution in [2.45, 2.75) is 57.7 Å². The predicted octanol–water partition coefficient (Wildman–Crippen LogP) is 1.49. The van der Waals surface area contributed by atoms with E-state index in [9.17, 15) is 34.8 Å². The minimum absolute atomic E-state index is 0.114. The second-order valence-corrected chi connectivity index (χ2v) is 11.9. The molecule has 1 aliphatic heterocycles. The van der Waals surface area contributed by atoms with E-state index in [4.69, 9.17) is 5.73 Å². The summed E-state index contributed by atoms with van der Waals surface area (Å²) in [6.45, 7) is 6.02. The van der Waals surface area contributed by atoms with Gasteiger partial charge in [-0.05, 0) is 74.8 Å². The first-order valence-electron chi connectivity index (χ1n) is 13.6. The maximum Gasteiger partial charge on any atom is 0.255 e. The minimum Gasteiger partial charge on any atom is -0.508 e. The SMILES string of the molecule is CC(C)[C@@H]1C(=O)C(C(N)=O)=C(O)[C@@]2(O)C(=O)C3=C(O)c4c(O)ccc(CNC5CCN(C)CC5)c4C[C@H]3C[C@@H]12. The monoisotopic (exact) mass is 539 g/mol. The highest BCUT2D eigenvalue weighted by Gasteiger charge is 2.64. The van der Waals surface area contributed by atoms with E-state index >= 15 is 0 Å². The number of carbonyl (C=O) groups excluding carboxylic acids is 3. The largest absolute Gasteiger partial charge is 0.508 e. The number of hydrogen-bond donors (Lipinski definition) is 6. The van der Waals surface area contributed by atoms with Crippen molar-refractivity contribution in [1.29, 1.82) is 0 Å². The Balaban J connectivity index is 1.57. The smallest absolute Gasteiger partial charge is 0.255 e. The summed E-state index contributed by atoms with van der Waals surface area (Å²) in [6.07, 6.45) is 2.44. The summed E-state index contributed by atoms with van der Waals surface area (Å²) in [5, 5.41) is 48.3. The third-order valence-electron chi connectivity index (χ3n) is 9.25. The maximum absolute atomic E-state index is 13.9. The fourth-order valence-corrected chi connectivity index (χ4v) is 7.18. The second-order valence-electron chi connectivity index (χ2n) is 11.9. The van der Waals surface area contributed by atoms with Crippen molar-refractivity contribution in [1.82, 2.24) is 10.2 Å². The number of nitrogens with two attached hydrogens (primary N) is 1. The molecule has 1 amide bonds. The van der Waals surface area contributed by atoms with Crippen LogP contribution in [0.15, 0.2) is 29.0 Å². The van der Waals surface area contributed by atoms with Gasteiger partial charge in [0.1, 0.15) is 22.8 Å². The van der Waals surface area contributed by atoms with Gasteiger partial charge in [-0.1, -0.05) is 19.9 Å². The molecular weight excluding hydrogens is 502 g/mol. The molecule has 10 nitrogen and oxygen atoms in total. The van der Waals surface area contributed by atoms with Gasteiger partial charge in [-0.15, -0.1) is 0 Å². The summed E-state index contributed by atoms with van der Waals surface area (Å²) in [4.78, 5) is 41.6. The minimum atomic E-state index is -2.59. The van der Waals surface area contributed by atoms with Crippen molar-refractivity contribution in [2.24, 2.45) is 29.4 Å². The quantitative estimate of drug-likeness (QED) is 0.303. The molecule has 3 aliphatic carbocycles. The van der Waals surface area contributed by atoms with E-state index < -0.39 is 57.9 Å². The lowest BCUT2D eigenvalue weighted by Gasteiger charge is -2.50. The van der Waals surface area contributed by atoms with Gasteiger partial charge in [0.2, 0.25) is 5.78 Å². The molecule has 1 saturated carbocycles. The highest BCUT2D eigenvalue weighted by molar-refractivity contribution is 6.23. The molecule has 4 atom stereocenters. The lowest BCUT2D eigenvalue weighted by atomic mass is 9.54. The lowest BCUT2D eigenvalue weighted by molar-refractivity contribution is -0.155. The highest BCUT2D eigenvalue weighted by Crippen LogP contribution is 2.54. The zero-order chi connectivity index (χ0) is 28.4. The van der Waals surface area contributed by atoms with E-state index in [0.29, 0.717) is 24.6 Å². The molecule has 0 aromatic heterocycles. The number of aromatic hydroxyl groups is 1. The van der Waals surface area contributed by atoms with Gasteiger partial charge in [-0.2, -0.15) is 0 Å². The van der Waals surface area contributed by atoms with Crippen molar-refractivity contribution in [3.8, 4) is 5.75 Å². The van der Waals surface area contributed by atoms with Crippen LogP contribution in [0.3, 0.4) is 0 Å². The van der Waals surface area contributed by atoms with E-state index in [1.165, 1.54) is 6.07 Å². The Labute approximate surface area is 227 Å². The molecule has 0 bridgehead atoms. The summed E-state index contributed by atoms with van der Waals surface area (Å²) in [5.41, 5.74) is 3.62. The number of benzene rings is 1. The number of phenolic OH excluding ortho intramolecular Hbond substituents is 1. The lowest BCUT2D eigenvalue weighted by Crippen LogP contribution is -2.62. The first kappa shape index (κ1) is 27.4. The zero-order valence-electron chi connectivity index (χ0n) is 22.5. The number of hydrogen-bond acceptors (Lipinski definition) is 9. The molecule has 1 aromatic carbocycles. The van der Waals surface area contributed by atoms with Crippen LogP contribution in [0.25, 0.3) is 5.76 Å². The number of fused-ring (bicyclic) bond motifs is 3. The average molecular weight is 540 g/mol. The molecule has 10 heteroatoms. The standard InChI is InChI=1S/C29H37N3O7/c1-13(2)20-18-11-15-10-17-14(12-31-16-6-8-32(3)9-7-16)4-5-19(33)22(17)25(35)21(15)26(36)29(18,39)27(37)23(24(20)34)28(30)38/h4-5,13,15-16,18,20,31,33,35,37,39H,6-12H2,1-3H3,(H2,30,38)/t15-,18-,20-,29-/m0/s1. The summed E-state index contributed by atoms with van der Waals surface area (Å²) in [5.74, 6) is -7.47. The molecule has 1 aromatic rings. The Kier molecular flexibility index (Phi) is 6.85. The van der Waals surface area contributed by atoms with Gasteiger partial charge in [0, 0.05) is 30.0 Å². The molecule has 2 fully saturated rings. The molecule has 5 rings (SSSR count). The Morgan fingerprint density at radius 3 is 2.46 bits per heavy atom. The molecular formula is C29H37N3O7. The number of amides is 1. The Bertz CT molecular complexity index is 1310. The van der Waals surface area contributed by atoms with Crippen LogP contribution in [0.1, 0.15) is 49.8 Å². The average Bonchev–Trinajstić information content (AvgIpc) is 2.86. The van der Waals surface area contributed by atoms with Crippen LogP contribution in [-0.4, -0.2) is 74.6 Å². The van der Waals surface area contributed by atoms with E-state index in [1.54, 1.807) is 13.8 Å². The van der Waals surface area contributed by atoms with Crippen molar-refractivity contribution >= 4 is 23.2 Å². The van der Waals surface area contributed by atoms with Crippen LogP contribution in [0.4, 0.5) is 0 Å². The van der Waals surface area contributed by atoms with Gasteiger partial charge in [0.25, 0.3) is 5.91 Å². The molecule has 0 spiro atoms. The van der Waals surface area contributed by atoms with Crippen molar-refractivity contribution in [2.75, 3.05) is 20.1 Å². The van der Waals surface area contributed by atoms with Crippen molar-refractivity contribution < 1.29 is 34.8 Å². The number of likely N-dealkylation sites (tertiary alicyclic amines) is 1. The number of aliphatic hydroxyl groups excluding tert-OH is 2. The number of carbonyl (C=O) groups is 3. The number of primary amides is 1. The van der Waals surface area contributed by atoms with E-state index in [0.717, 1.165) is 31.5 Å². The van der Waals surface area contributed by atoms with Crippen LogP contribution in [0.2, 0.25) is 0 Å². The first-order chi connectivity index (χ1) is 18.4. The Hall–Kier alpha value is -3.21. The molecule has 39 heavy (non-hydrogen) atoms. The topological polar surface area (TPSA) is 173 Å². The third kappa shape index (κ3) is 4.16. The van der Waals surface area contributed by atoms with Crippen LogP contribution >= 0.6 is 0 Å². The molecule has 4 aliphatic rings. The van der Waals surface area contributed by atoms with Gasteiger partial charge < -0.3 is 36.4 Å². The molecule has 1 saturated heterocycles. The number of rotatable bonds is 5. The van der Waals surface area contributed by atoms with Crippen LogP contribution in [-0.2, 0) is 27.3 Å². The van der Waals surface area contributed by atoms with Crippen LogP contribution in [0.5, 0.6) is 5.75 Å². The van der Waals surface area contributed by atoms with Gasteiger partial charge in [-0.3, -0.25) is 14.4 Å². The van der Waals surface area contributed by atoms with E-state index in [1.807, 2.05) is 6.07 Å². The molecule has 0 unspecified atom stereocenters. The van der Waals surface area contributed by atoms with Crippen LogP contribution in [0, 0.1) is 23.7 Å². The summed E-state index contributed by atoms with van der Waals surface area (Å²) >= 11 is 0. The normalized spacial score (nSPS) is 29.9. The molecule has 210 valence electrons. The number of nitrogens with one attached hydrogen (secondary N) is 1. The first-order valence-corrected chi connectivity index (χ1v) is 13.6. The van der Waals surface area contributed by atoms with Gasteiger partial charge >= 0.3 is 0 Å². The number of phenols is 1. The maximum atomic E-state index is 13.9. The van der Waals surface area contributed by atoms with E-state index in [2.05, 4.69) is 17.3 Å². The van der Waals surface area contributed by atoms with E-state index in [-0.39, 0.29) is 29.2 Å². The van der Waals surface area contributed by atoms with Crippen molar-refractivity contribution in [3.05, 3.63) is 45.7 Å². The fourth-order valence-electron chi connectivity index (χ4n) is 7.18. The Morgan fingerprint density at radius 1 is 1.18 bits per heavy atom. The Morgan fingerprint density at radius 2 is 1.85 bits per heavy atom. The fraction of sp³-hybridized carbons (Fsp3) is 0.552. The molecule has 0 radical (unpaired) electrons. The van der Waals surface area contributed by atoms with Gasteiger partial charge in [0.15, 0.2) is 11.4 Å². The zero-order valence-corrected chi connectivity index (χ0v) is 22.5. The highest BCUT2D eigenvalue weighted by atomic mass is 16.3. The van der Waals surface area contributed by atoms with Gasteiger partial charge in [0.05, 0.1) is 5.56 Å². The predicted molar refractivity (Wildman–Crippen MR) is 142 cm³/mol. The third-order valence-corrected chi connectivity index (χ3v) is 9.25. The van der Waals surface area contributed by atoms with Crippen LogP contribution < -0.4 is 11.1 Å². The number of aliphatic hydroxyl groups is 3. The molecule has 1 heterocycles. The number of ketones is 2. The molecule has 7 N–H and O–H groups in total. The second kappa shape index (κ2) is 9.76. The summed E-state index contributed by atoms with van der Waals surface area (Å²) in [7, 11) is 2.10. The summed E-state index contributed by atoms with van der Waals surface area (Å²) in [6, 6.07) is 3.63. The number of nitrogens with zero attached hydrogens (tertiary/aromatic N) is 1. The number of piperidine rings is 1.